The molecule has 1 aliphatic heterocycles. The van der Waals surface area contributed by atoms with E-state index in [4.69, 9.17) is 18.6 Å². The van der Waals surface area contributed by atoms with E-state index in [-0.39, 0.29) is 6.04 Å². The molecule has 0 N–H and O–H groups in total. The molecule has 1 atom stereocenters. The van der Waals surface area contributed by atoms with Crippen molar-refractivity contribution in [2.24, 2.45) is 0 Å². The zero-order valence-electron chi connectivity index (χ0n) is 17.0. The van der Waals surface area contributed by atoms with Gasteiger partial charge in [0.2, 0.25) is 11.6 Å². The molecule has 9 heteroatoms. The highest BCUT2D eigenvalue weighted by atomic mass is 32.1. The fraction of sp³-hybridized carbons (Fsp3) is 0.450. The van der Waals surface area contributed by atoms with E-state index < -0.39 is 0 Å². The zero-order chi connectivity index (χ0) is 20.4. The highest BCUT2D eigenvalue weighted by molar-refractivity contribution is 7.13. The van der Waals surface area contributed by atoms with Gasteiger partial charge in [0.25, 0.3) is 5.89 Å². The fourth-order valence-corrected chi connectivity index (χ4v) is 4.45. The van der Waals surface area contributed by atoms with Gasteiger partial charge in [-0.2, -0.15) is 0 Å². The molecule has 1 aliphatic rings. The van der Waals surface area contributed by atoms with E-state index in [0.717, 1.165) is 42.1 Å². The molecular weight excluding hydrogens is 392 g/mol. The van der Waals surface area contributed by atoms with Crippen LogP contribution in [0.15, 0.2) is 22.1 Å². The van der Waals surface area contributed by atoms with E-state index >= 15 is 0 Å². The maximum Gasteiger partial charge on any atom is 0.259 e. The van der Waals surface area contributed by atoms with Crippen molar-refractivity contribution in [1.29, 1.82) is 0 Å². The van der Waals surface area contributed by atoms with E-state index in [1.807, 2.05) is 19.1 Å². The highest BCUT2D eigenvalue weighted by Gasteiger charge is 2.31. The average Bonchev–Trinajstić information content (AvgIpc) is 3.47. The van der Waals surface area contributed by atoms with Gasteiger partial charge in [0.1, 0.15) is 4.88 Å². The molecule has 0 bridgehead atoms. The summed E-state index contributed by atoms with van der Waals surface area (Å²) >= 11 is 1.51. The highest BCUT2D eigenvalue weighted by Crippen LogP contribution is 2.40. The molecular formula is C20H24N4O4S. The lowest BCUT2D eigenvalue weighted by molar-refractivity contribution is 0.215. The Bertz CT molecular complexity index is 962. The SMILES string of the molecule is COc1cc(CN2CCC[C@@H]2c2nnc(-c3scnc3C)o2)cc(OC)c1OC. The Labute approximate surface area is 173 Å². The second-order valence-corrected chi connectivity index (χ2v) is 7.73. The van der Waals surface area contributed by atoms with Crippen molar-refractivity contribution in [3.05, 3.63) is 34.8 Å². The lowest BCUT2D eigenvalue weighted by Gasteiger charge is -2.22. The molecule has 0 spiro atoms. The van der Waals surface area contributed by atoms with Crippen LogP contribution in [0.2, 0.25) is 0 Å². The van der Waals surface area contributed by atoms with Crippen LogP contribution in [0.3, 0.4) is 0 Å². The lowest BCUT2D eigenvalue weighted by atomic mass is 10.1. The Kier molecular flexibility index (Phi) is 5.68. The predicted octanol–water partition coefficient (Wildman–Crippen LogP) is 3.86. The third-order valence-electron chi connectivity index (χ3n) is 5.14. The zero-order valence-corrected chi connectivity index (χ0v) is 17.8. The predicted molar refractivity (Wildman–Crippen MR) is 109 cm³/mol. The Morgan fingerprint density at radius 2 is 1.90 bits per heavy atom. The number of aromatic nitrogens is 3. The van der Waals surface area contributed by atoms with E-state index in [2.05, 4.69) is 20.1 Å². The molecule has 1 fully saturated rings. The minimum Gasteiger partial charge on any atom is -0.493 e. The van der Waals surface area contributed by atoms with Crippen LogP contribution in [0.4, 0.5) is 0 Å². The van der Waals surface area contributed by atoms with Gasteiger partial charge in [-0.3, -0.25) is 4.90 Å². The molecule has 1 saturated heterocycles. The first-order chi connectivity index (χ1) is 14.1. The first kappa shape index (κ1) is 19.7. The van der Waals surface area contributed by atoms with Crippen LogP contribution in [0.1, 0.15) is 36.0 Å². The Hall–Kier alpha value is -2.65. The van der Waals surface area contributed by atoms with Crippen LogP contribution >= 0.6 is 11.3 Å². The molecule has 1 aromatic carbocycles. The van der Waals surface area contributed by atoms with E-state index in [1.54, 1.807) is 26.8 Å². The van der Waals surface area contributed by atoms with E-state index in [9.17, 15) is 0 Å². The van der Waals surface area contributed by atoms with Crippen LogP contribution in [0.5, 0.6) is 17.2 Å². The lowest BCUT2D eigenvalue weighted by Crippen LogP contribution is -2.23. The van der Waals surface area contributed by atoms with E-state index in [0.29, 0.717) is 29.0 Å². The molecule has 3 heterocycles. The summed E-state index contributed by atoms with van der Waals surface area (Å²) in [6, 6.07) is 4.05. The summed E-state index contributed by atoms with van der Waals surface area (Å²) in [5.41, 5.74) is 3.77. The van der Waals surface area contributed by atoms with Crippen LogP contribution in [-0.4, -0.2) is 48.0 Å². The summed E-state index contributed by atoms with van der Waals surface area (Å²) in [5.74, 6) is 3.09. The number of rotatable bonds is 7. The summed E-state index contributed by atoms with van der Waals surface area (Å²) in [4.78, 5) is 7.54. The average molecular weight is 417 g/mol. The molecule has 29 heavy (non-hydrogen) atoms. The third-order valence-corrected chi connectivity index (χ3v) is 6.06. The monoisotopic (exact) mass is 416 g/mol. The van der Waals surface area contributed by atoms with Gasteiger partial charge in [0.05, 0.1) is 38.6 Å². The quantitative estimate of drug-likeness (QED) is 0.574. The van der Waals surface area contributed by atoms with Crippen molar-refractivity contribution in [3.8, 4) is 28.0 Å². The topological polar surface area (TPSA) is 82.7 Å². The summed E-state index contributed by atoms with van der Waals surface area (Å²) < 4.78 is 22.4. The molecule has 2 aromatic heterocycles. The van der Waals surface area contributed by atoms with Crippen LogP contribution in [0.25, 0.3) is 10.8 Å². The summed E-state index contributed by atoms with van der Waals surface area (Å²) in [7, 11) is 4.86. The Morgan fingerprint density at radius 1 is 1.14 bits per heavy atom. The molecule has 0 saturated carbocycles. The van der Waals surface area contributed by atoms with Gasteiger partial charge in [-0.05, 0) is 44.0 Å². The minimum absolute atomic E-state index is 0.0866. The smallest absolute Gasteiger partial charge is 0.259 e. The van der Waals surface area contributed by atoms with Gasteiger partial charge >= 0.3 is 0 Å². The van der Waals surface area contributed by atoms with E-state index in [1.165, 1.54) is 11.3 Å². The normalized spacial score (nSPS) is 16.9. The molecule has 0 aliphatic carbocycles. The second-order valence-electron chi connectivity index (χ2n) is 6.87. The fourth-order valence-electron chi connectivity index (χ4n) is 3.72. The van der Waals surface area contributed by atoms with Crippen molar-refractivity contribution in [2.75, 3.05) is 27.9 Å². The Morgan fingerprint density at radius 3 is 2.52 bits per heavy atom. The second kappa shape index (κ2) is 8.38. The summed E-state index contributed by atoms with van der Waals surface area (Å²) in [6.45, 7) is 3.62. The molecule has 0 radical (unpaired) electrons. The standard InChI is InChI=1S/C20H24N4O4S/c1-12-18(29-11-21-12)20-23-22-19(28-20)14-6-5-7-24(14)10-13-8-15(25-2)17(27-4)16(9-13)26-3/h8-9,11,14H,5-7,10H2,1-4H3/t14-/m1/s1. The number of benzene rings is 1. The maximum absolute atomic E-state index is 6.02. The number of methoxy groups -OCH3 is 3. The van der Waals surface area contributed by atoms with Crippen LogP contribution in [0, 0.1) is 6.92 Å². The number of nitrogens with zero attached hydrogens (tertiary/aromatic N) is 4. The van der Waals surface area contributed by atoms with Crippen molar-refractivity contribution in [2.45, 2.75) is 32.4 Å². The van der Waals surface area contributed by atoms with Crippen molar-refractivity contribution in [3.63, 3.8) is 0 Å². The van der Waals surface area contributed by atoms with Gasteiger partial charge < -0.3 is 18.6 Å². The van der Waals surface area contributed by atoms with Gasteiger partial charge in [-0.1, -0.05) is 0 Å². The molecule has 4 rings (SSSR count). The number of hydrogen-bond acceptors (Lipinski definition) is 9. The van der Waals surface area contributed by atoms with Gasteiger partial charge in [0.15, 0.2) is 11.5 Å². The first-order valence-corrected chi connectivity index (χ1v) is 10.3. The molecule has 0 amide bonds. The van der Waals surface area contributed by atoms with Crippen LogP contribution in [-0.2, 0) is 6.54 Å². The number of hydrogen-bond donors (Lipinski definition) is 0. The molecule has 8 nitrogen and oxygen atoms in total. The Balaban J connectivity index is 1.57. The van der Waals surface area contributed by atoms with Crippen LogP contribution < -0.4 is 14.2 Å². The number of aryl methyl sites for hydroxylation is 1. The van der Waals surface area contributed by atoms with Gasteiger partial charge in [0, 0.05) is 6.54 Å². The summed E-state index contributed by atoms with van der Waals surface area (Å²) in [5, 5.41) is 8.59. The number of ether oxygens (including phenoxy) is 3. The van der Waals surface area contributed by atoms with Gasteiger partial charge in [-0.15, -0.1) is 21.5 Å². The molecule has 154 valence electrons. The molecule has 0 unspecified atom stereocenters. The maximum atomic E-state index is 6.02. The number of likely N-dealkylation sites (tertiary alicyclic amines) is 1. The summed E-state index contributed by atoms with van der Waals surface area (Å²) in [6.07, 6.45) is 2.06. The van der Waals surface area contributed by atoms with Gasteiger partial charge in [-0.25, -0.2) is 4.98 Å². The molecule has 3 aromatic rings. The number of thiazole rings is 1. The largest absolute Gasteiger partial charge is 0.493 e. The third kappa shape index (κ3) is 3.79. The van der Waals surface area contributed by atoms with Crippen molar-refractivity contribution in [1.82, 2.24) is 20.1 Å². The minimum atomic E-state index is 0.0866. The van der Waals surface area contributed by atoms with Crippen molar-refractivity contribution >= 4 is 11.3 Å². The van der Waals surface area contributed by atoms with Crippen molar-refractivity contribution < 1.29 is 18.6 Å². The first-order valence-electron chi connectivity index (χ1n) is 9.41.